The van der Waals surface area contributed by atoms with E-state index in [1.54, 1.807) is 41.1 Å². The van der Waals surface area contributed by atoms with Crippen molar-refractivity contribution < 1.29 is 107 Å². The highest BCUT2D eigenvalue weighted by Gasteiger charge is 2.76. The number of ether oxygens (including phenoxy) is 13. The summed E-state index contributed by atoms with van der Waals surface area (Å²) in [6.45, 7) is 11.9. The first-order chi connectivity index (χ1) is 38.5. The minimum absolute atomic E-state index is 0.0921. The molecule has 4 aliphatic carbocycles. The Morgan fingerprint density at radius 1 is 0.691 bits per heavy atom. The molecule has 0 amide bonds. The van der Waals surface area contributed by atoms with Gasteiger partial charge in [0.15, 0.2) is 25.2 Å². The monoisotopic (exact) mass is 1150 g/mol. The lowest BCUT2D eigenvalue weighted by molar-refractivity contribution is -0.373. The zero-order chi connectivity index (χ0) is 58.5. The van der Waals surface area contributed by atoms with Gasteiger partial charge in [-0.15, -0.1) is 0 Å². The van der Waals surface area contributed by atoms with Crippen LogP contribution in [0.3, 0.4) is 0 Å². The minimum atomic E-state index is -1.68. The molecule has 0 bridgehead atoms. The van der Waals surface area contributed by atoms with E-state index in [4.69, 9.17) is 61.6 Å². The molecule has 22 heteroatoms. The van der Waals surface area contributed by atoms with Crippen LogP contribution in [0.25, 0.3) is 6.08 Å². The molecule has 0 spiro atoms. The number of hydrogen-bond acceptors (Lipinski definition) is 22. The van der Waals surface area contributed by atoms with Crippen molar-refractivity contribution in [3.63, 3.8) is 0 Å². The fraction of sp³-hybridized carbons (Fsp3) is 0.831. The Bertz CT molecular complexity index is 2270. The molecule has 1 aromatic rings. The van der Waals surface area contributed by atoms with Crippen molar-refractivity contribution in [2.24, 2.45) is 34.5 Å². The predicted molar refractivity (Wildman–Crippen MR) is 284 cm³/mol. The Balaban J connectivity index is 0.830. The maximum atomic E-state index is 14.0. The summed E-state index contributed by atoms with van der Waals surface area (Å²) in [5.74, 6) is -2.14. The molecule has 81 heavy (non-hydrogen) atoms. The first-order valence-electron chi connectivity index (χ1n) is 29.2. The number of rotatable bonds is 17. The lowest BCUT2D eigenvalue weighted by Gasteiger charge is -2.67. The second-order valence-corrected chi connectivity index (χ2v) is 24.7. The highest BCUT2D eigenvalue weighted by atomic mass is 16.8. The van der Waals surface area contributed by atoms with Gasteiger partial charge in [0.25, 0.3) is 0 Å². The van der Waals surface area contributed by atoms with Gasteiger partial charge in [-0.25, -0.2) is 4.79 Å². The molecule has 22 nitrogen and oxygen atoms in total. The van der Waals surface area contributed by atoms with E-state index in [0.29, 0.717) is 44.9 Å². The van der Waals surface area contributed by atoms with Crippen molar-refractivity contribution in [1.82, 2.24) is 0 Å². The number of hydrogen-bond donors (Lipinski definition) is 7. The van der Waals surface area contributed by atoms with E-state index in [1.165, 1.54) is 20.1 Å². The first kappa shape index (κ1) is 62.7. The average Bonchev–Trinajstić information content (AvgIpc) is 2.77. The van der Waals surface area contributed by atoms with Crippen LogP contribution in [0.1, 0.15) is 112 Å². The van der Waals surface area contributed by atoms with E-state index < -0.39 is 170 Å². The summed E-state index contributed by atoms with van der Waals surface area (Å²) in [6, 6.07) is 9.44. The molecule has 4 heterocycles. The summed E-state index contributed by atoms with van der Waals surface area (Å²) < 4.78 is 81.2. The Labute approximate surface area is 474 Å². The lowest BCUT2D eigenvalue weighted by atomic mass is 9.41. The zero-order valence-corrected chi connectivity index (χ0v) is 48.4. The van der Waals surface area contributed by atoms with Crippen LogP contribution in [0, 0.1) is 34.5 Å². The molecule has 8 fully saturated rings. The molecule has 4 saturated heterocycles. The topological polar surface area (TPSA) is 296 Å². The molecule has 29 atom stereocenters. The molecule has 0 unspecified atom stereocenters. The molecule has 458 valence electrons. The predicted octanol–water partition coefficient (Wildman–Crippen LogP) is 2.68. The van der Waals surface area contributed by atoms with E-state index in [0.717, 1.165) is 12.0 Å². The summed E-state index contributed by atoms with van der Waals surface area (Å²) in [4.78, 5) is 27.1. The summed E-state index contributed by atoms with van der Waals surface area (Å²) in [5.41, 5.74) is -2.05. The van der Waals surface area contributed by atoms with Crippen LogP contribution < -0.4 is 0 Å². The molecule has 7 N–H and O–H groups in total. The van der Waals surface area contributed by atoms with Gasteiger partial charge in [0.1, 0.15) is 67.1 Å². The molecule has 9 rings (SSSR count). The van der Waals surface area contributed by atoms with E-state index in [2.05, 4.69) is 6.92 Å². The Morgan fingerprint density at radius 2 is 1.31 bits per heavy atom. The number of aliphatic hydroxyl groups is 7. The van der Waals surface area contributed by atoms with E-state index in [9.17, 15) is 45.3 Å². The van der Waals surface area contributed by atoms with Crippen LogP contribution in [0.4, 0.5) is 0 Å². The van der Waals surface area contributed by atoms with Crippen molar-refractivity contribution in [1.29, 1.82) is 0 Å². The molecule has 0 radical (unpaired) electrons. The van der Waals surface area contributed by atoms with Crippen LogP contribution in [0.5, 0.6) is 0 Å². The fourth-order valence-corrected chi connectivity index (χ4v) is 16.0. The highest BCUT2D eigenvalue weighted by Crippen LogP contribution is 2.70. The number of carbonyl (C=O) groups excluding carboxylic acids is 2. The molecule has 8 aliphatic rings. The van der Waals surface area contributed by atoms with Gasteiger partial charge in [-0.2, -0.15) is 0 Å². The molecule has 1 aromatic carbocycles. The summed E-state index contributed by atoms with van der Waals surface area (Å²) in [6.07, 6.45) is -13.0. The van der Waals surface area contributed by atoms with Crippen LogP contribution >= 0.6 is 0 Å². The third kappa shape index (κ3) is 12.1. The maximum Gasteiger partial charge on any atom is 0.331 e. The normalized spacial score (nSPS) is 48.6. The third-order valence-corrected chi connectivity index (χ3v) is 20.2. The molecular formula is C59H90O22. The maximum absolute atomic E-state index is 14.0. The smallest absolute Gasteiger partial charge is 0.331 e. The standard InChI is InChI=1S/C59H90O22/c1-28(61)36-21-23-59(68)37-18-17-34-24-35(20-22-57(34,6)44(37)52(54(58(36,59)7)75-32(5)62)78-41(63)19-16-33-14-12-11-13-15-33)76-42-25-38(69-8)49(29(2)72-42)79-43-26-39(70-9)50(30(3)73-43)80-56-48(67)53(71-10)51(31(4)74-56)81-55-47(66)46(65)45(64)40(27-60)77-55/h11-16,19,28-31,34-40,42-56,60-61,64-68H,17-18,20-27H2,1-10H3/t28-,29+,30+,31+,34-,35-,36+,37+,38-,39+,40+,42-,43-,44+,45+,46-,47+,48+,49+,50+,51+,52-,53-,54+,55-,56-,57-,58-,59-/m0/s1. The van der Waals surface area contributed by atoms with Gasteiger partial charge in [-0.05, 0) is 107 Å². The fourth-order valence-electron chi connectivity index (χ4n) is 16.0. The summed E-state index contributed by atoms with van der Waals surface area (Å²) in [7, 11) is 4.53. The zero-order valence-electron chi connectivity index (χ0n) is 48.4. The Morgan fingerprint density at radius 3 is 1.93 bits per heavy atom. The molecule has 4 aliphatic heterocycles. The van der Waals surface area contributed by atoms with E-state index >= 15 is 0 Å². The van der Waals surface area contributed by atoms with Crippen molar-refractivity contribution in [2.75, 3.05) is 27.9 Å². The van der Waals surface area contributed by atoms with Gasteiger partial charge in [-0.3, -0.25) is 4.79 Å². The number of fused-ring (bicyclic) bond motifs is 5. The van der Waals surface area contributed by atoms with Crippen LogP contribution in [-0.2, 0) is 71.2 Å². The minimum Gasteiger partial charge on any atom is -0.458 e. The lowest BCUT2D eigenvalue weighted by Crippen LogP contribution is -2.73. The second kappa shape index (κ2) is 25.6. The van der Waals surface area contributed by atoms with Gasteiger partial charge in [0.2, 0.25) is 0 Å². The number of aliphatic hydroxyl groups excluding tert-OH is 6. The van der Waals surface area contributed by atoms with Crippen molar-refractivity contribution in [3.05, 3.63) is 42.0 Å². The average molecular weight is 1150 g/mol. The van der Waals surface area contributed by atoms with Crippen molar-refractivity contribution in [2.45, 2.75) is 247 Å². The van der Waals surface area contributed by atoms with Gasteiger partial charge in [0, 0.05) is 58.5 Å². The van der Waals surface area contributed by atoms with Crippen LogP contribution in [0.2, 0.25) is 0 Å². The summed E-state index contributed by atoms with van der Waals surface area (Å²) >= 11 is 0. The quantitative estimate of drug-likeness (QED) is 0.0670. The molecular weight excluding hydrogens is 1060 g/mol. The van der Waals surface area contributed by atoms with Gasteiger partial charge in [0.05, 0.1) is 54.9 Å². The number of benzene rings is 1. The number of carbonyl (C=O) groups is 2. The Hall–Kier alpha value is -2.82. The SMILES string of the molecule is CO[C@H]1[C@@H](O)[C@H](O[C@@H]2[C@@H](C)O[C@@H](O[C@H]3[C@@H](OC)C[C@H](O[C@H]4CC[C@@]5(C)[C@@H](CC[C@@H]6[C@@H]5[C@H](OC(=O)C=Cc5ccccc5)[C@@H](OC(C)=O)[C@]5(C)[C@@H]([C@H](C)O)CC[C@]65O)C4)O[C@@H]3C)C[C@H]2OC)O[C@H](C)[C@H]1O[C@@H]1O[C@H](CO)[C@@H](O)[C@H](O)[C@H]1O. The number of methoxy groups -OCH3 is 3. The van der Waals surface area contributed by atoms with E-state index in [1.807, 2.05) is 44.2 Å². The van der Waals surface area contributed by atoms with Crippen molar-refractivity contribution in [3.8, 4) is 0 Å². The largest absolute Gasteiger partial charge is 0.458 e. The van der Waals surface area contributed by atoms with Crippen molar-refractivity contribution >= 4 is 18.0 Å². The van der Waals surface area contributed by atoms with Crippen LogP contribution in [-0.4, -0.2) is 216 Å². The highest BCUT2D eigenvalue weighted by molar-refractivity contribution is 5.87. The second-order valence-electron chi connectivity index (χ2n) is 24.7. The molecule has 4 saturated carbocycles. The van der Waals surface area contributed by atoms with Gasteiger partial charge < -0.3 is 97.3 Å². The first-order valence-corrected chi connectivity index (χ1v) is 29.2. The number of esters is 2. The van der Waals surface area contributed by atoms with Gasteiger partial charge >= 0.3 is 11.9 Å². The van der Waals surface area contributed by atoms with Crippen LogP contribution in [0.15, 0.2) is 36.4 Å². The molecule has 0 aromatic heterocycles. The Kier molecular flexibility index (Phi) is 19.8. The van der Waals surface area contributed by atoms with Gasteiger partial charge in [-0.1, -0.05) is 44.2 Å². The van der Waals surface area contributed by atoms with E-state index in [-0.39, 0.29) is 30.3 Å². The summed E-state index contributed by atoms with van der Waals surface area (Å²) in [5, 5.41) is 76.9. The third-order valence-electron chi connectivity index (χ3n) is 20.2.